The maximum Gasteiger partial charge on any atom is 0.330 e. The van der Waals surface area contributed by atoms with Gasteiger partial charge in [-0.05, 0) is 0 Å². The van der Waals surface area contributed by atoms with Crippen molar-refractivity contribution in [2.45, 2.75) is 0 Å². The summed E-state index contributed by atoms with van der Waals surface area (Å²) in [5.41, 5.74) is -0.538. The minimum atomic E-state index is -0.538. The van der Waals surface area contributed by atoms with Crippen LogP contribution in [0, 0.1) is 5.41 Å². The Labute approximate surface area is 92.8 Å². The average Bonchev–Trinajstić information content (AvgIpc) is 2.20. The highest BCUT2D eigenvalue weighted by Gasteiger charge is 2.29. The molecular formula is C8H11Cl3O2. The summed E-state index contributed by atoms with van der Waals surface area (Å²) in [6.07, 6.45) is 1.08. The van der Waals surface area contributed by atoms with E-state index in [1.807, 2.05) is 0 Å². The van der Waals surface area contributed by atoms with Gasteiger partial charge < -0.3 is 4.74 Å². The molecule has 76 valence electrons. The fraction of sp³-hybridized carbons (Fsp3) is 0.625. The molecule has 13 heavy (non-hydrogen) atoms. The van der Waals surface area contributed by atoms with Gasteiger partial charge in [0.15, 0.2) is 0 Å². The number of halogens is 3. The Kier molecular flexibility index (Phi) is 6.56. The van der Waals surface area contributed by atoms with Gasteiger partial charge in [-0.25, -0.2) is 4.79 Å². The first-order valence-electron chi connectivity index (χ1n) is 3.61. The zero-order valence-corrected chi connectivity index (χ0v) is 9.33. The lowest BCUT2D eigenvalue weighted by Gasteiger charge is -2.25. The van der Waals surface area contributed by atoms with Crippen molar-refractivity contribution in [3.8, 4) is 0 Å². The molecule has 0 aromatic carbocycles. The summed E-state index contributed by atoms with van der Waals surface area (Å²) in [7, 11) is 0. The van der Waals surface area contributed by atoms with Crippen LogP contribution in [0.5, 0.6) is 0 Å². The van der Waals surface area contributed by atoms with E-state index in [2.05, 4.69) is 6.58 Å². The number of ether oxygens (including phenoxy) is 1. The Morgan fingerprint density at radius 2 is 1.77 bits per heavy atom. The summed E-state index contributed by atoms with van der Waals surface area (Å²) in [5.74, 6) is 0.268. The number of carbonyl (C=O) groups is 1. The van der Waals surface area contributed by atoms with E-state index in [1.54, 1.807) is 0 Å². The Hall–Kier alpha value is 0.0800. The molecule has 0 radical (unpaired) electrons. The van der Waals surface area contributed by atoms with Gasteiger partial charge >= 0.3 is 5.97 Å². The van der Waals surface area contributed by atoms with Crippen molar-refractivity contribution in [1.82, 2.24) is 0 Å². The molecule has 0 amide bonds. The van der Waals surface area contributed by atoms with Crippen LogP contribution in [-0.4, -0.2) is 30.2 Å². The molecule has 0 aromatic heterocycles. The molecule has 0 bridgehead atoms. The first-order valence-corrected chi connectivity index (χ1v) is 5.21. The summed E-state index contributed by atoms with van der Waals surface area (Å²) in [5, 5.41) is 0. The lowest BCUT2D eigenvalue weighted by Crippen LogP contribution is -2.34. The maximum atomic E-state index is 10.7. The van der Waals surface area contributed by atoms with E-state index < -0.39 is 11.4 Å². The summed E-state index contributed by atoms with van der Waals surface area (Å²) < 4.78 is 4.82. The second-order valence-electron chi connectivity index (χ2n) is 2.71. The lowest BCUT2D eigenvalue weighted by atomic mass is 9.97. The highest BCUT2D eigenvalue weighted by Crippen LogP contribution is 2.23. The molecule has 0 fully saturated rings. The Bertz CT molecular complexity index is 170. The van der Waals surface area contributed by atoms with Gasteiger partial charge in [-0.15, -0.1) is 34.8 Å². The van der Waals surface area contributed by atoms with Crippen molar-refractivity contribution in [3.05, 3.63) is 12.7 Å². The van der Waals surface area contributed by atoms with Crippen molar-refractivity contribution in [3.63, 3.8) is 0 Å². The minimum Gasteiger partial charge on any atom is -0.462 e. The van der Waals surface area contributed by atoms with Crippen molar-refractivity contribution in [1.29, 1.82) is 0 Å². The van der Waals surface area contributed by atoms with Crippen LogP contribution in [0.3, 0.4) is 0 Å². The van der Waals surface area contributed by atoms with Crippen LogP contribution < -0.4 is 0 Å². The van der Waals surface area contributed by atoms with Crippen LogP contribution >= 0.6 is 34.8 Å². The molecule has 5 heteroatoms. The van der Waals surface area contributed by atoms with Gasteiger partial charge in [0, 0.05) is 29.1 Å². The first kappa shape index (κ1) is 13.1. The van der Waals surface area contributed by atoms with Gasteiger partial charge in [-0.2, -0.15) is 0 Å². The zero-order chi connectivity index (χ0) is 10.3. The zero-order valence-electron chi connectivity index (χ0n) is 7.06. The Morgan fingerprint density at radius 1 is 1.31 bits per heavy atom. The normalized spacial score (nSPS) is 11.0. The molecule has 0 aliphatic rings. The van der Waals surface area contributed by atoms with E-state index >= 15 is 0 Å². The number of rotatable bonds is 6. The molecule has 0 unspecified atom stereocenters. The van der Waals surface area contributed by atoms with Crippen molar-refractivity contribution < 1.29 is 9.53 Å². The monoisotopic (exact) mass is 244 g/mol. The van der Waals surface area contributed by atoms with E-state index in [0.29, 0.717) is 0 Å². The van der Waals surface area contributed by atoms with Crippen molar-refractivity contribution >= 4 is 40.8 Å². The number of hydrogen-bond donors (Lipinski definition) is 0. The predicted molar refractivity (Wildman–Crippen MR) is 55.7 cm³/mol. The summed E-state index contributed by atoms with van der Waals surface area (Å²) in [6.45, 7) is 3.38. The van der Waals surface area contributed by atoms with Crippen molar-refractivity contribution in [2.24, 2.45) is 5.41 Å². The number of alkyl halides is 3. The second kappa shape index (κ2) is 6.52. The van der Waals surface area contributed by atoms with E-state index in [0.717, 1.165) is 6.08 Å². The lowest BCUT2D eigenvalue weighted by molar-refractivity contribution is -0.140. The summed E-state index contributed by atoms with van der Waals surface area (Å²) >= 11 is 17.0. The molecule has 0 rings (SSSR count). The molecule has 0 saturated heterocycles. The third kappa shape index (κ3) is 4.21. The molecule has 2 nitrogen and oxygen atoms in total. The number of esters is 1. The molecule has 0 aromatic rings. The topological polar surface area (TPSA) is 26.3 Å². The minimum absolute atomic E-state index is 0.119. The maximum absolute atomic E-state index is 10.7. The fourth-order valence-electron chi connectivity index (χ4n) is 0.506. The fourth-order valence-corrected chi connectivity index (χ4v) is 1.59. The average molecular weight is 246 g/mol. The molecule has 0 N–H and O–H groups in total. The number of hydrogen-bond acceptors (Lipinski definition) is 2. The van der Waals surface area contributed by atoms with Gasteiger partial charge in [0.25, 0.3) is 0 Å². The van der Waals surface area contributed by atoms with E-state index in [-0.39, 0.29) is 24.2 Å². The van der Waals surface area contributed by atoms with Gasteiger partial charge in [-0.1, -0.05) is 6.58 Å². The molecule has 0 heterocycles. The highest BCUT2D eigenvalue weighted by molar-refractivity contribution is 6.24. The summed E-state index contributed by atoms with van der Waals surface area (Å²) in [4.78, 5) is 10.7. The smallest absolute Gasteiger partial charge is 0.330 e. The van der Waals surface area contributed by atoms with Crippen LogP contribution in [-0.2, 0) is 9.53 Å². The van der Waals surface area contributed by atoms with Crippen LogP contribution in [0.2, 0.25) is 0 Å². The van der Waals surface area contributed by atoms with Crippen LogP contribution in [0.15, 0.2) is 12.7 Å². The molecule has 0 atom stereocenters. The third-order valence-corrected chi connectivity index (χ3v) is 3.24. The van der Waals surface area contributed by atoms with Gasteiger partial charge in [0.2, 0.25) is 0 Å². The molecule has 0 saturated carbocycles. The van der Waals surface area contributed by atoms with E-state index in [9.17, 15) is 4.79 Å². The Balaban J connectivity index is 4.09. The molecule has 0 aliphatic carbocycles. The van der Waals surface area contributed by atoms with Crippen LogP contribution in [0.1, 0.15) is 0 Å². The van der Waals surface area contributed by atoms with Crippen molar-refractivity contribution in [2.75, 3.05) is 24.2 Å². The van der Waals surface area contributed by atoms with Crippen LogP contribution in [0.25, 0.3) is 0 Å². The van der Waals surface area contributed by atoms with E-state index in [1.165, 1.54) is 0 Å². The van der Waals surface area contributed by atoms with Crippen LogP contribution in [0.4, 0.5) is 0 Å². The molecule has 0 spiro atoms. The third-order valence-electron chi connectivity index (χ3n) is 1.54. The highest BCUT2D eigenvalue weighted by atomic mass is 35.5. The largest absolute Gasteiger partial charge is 0.462 e. The first-order chi connectivity index (χ1) is 6.14. The van der Waals surface area contributed by atoms with Gasteiger partial charge in [-0.3, -0.25) is 0 Å². The van der Waals surface area contributed by atoms with Gasteiger partial charge in [0.05, 0.1) is 0 Å². The Morgan fingerprint density at radius 3 is 2.08 bits per heavy atom. The standard InChI is InChI=1S/C8H11Cl3O2/c1-2-7(12)13-6-8(3-9,4-10)5-11/h2H,1,3-6H2. The SMILES string of the molecule is C=CC(=O)OCC(CCl)(CCl)CCl. The number of carbonyl (C=O) groups excluding carboxylic acids is 1. The molecule has 0 aliphatic heterocycles. The summed E-state index contributed by atoms with van der Waals surface area (Å²) in [6, 6.07) is 0. The molecular weight excluding hydrogens is 234 g/mol. The quantitative estimate of drug-likeness (QED) is 0.408. The predicted octanol–water partition coefficient (Wildman–Crippen LogP) is 2.42. The second-order valence-corrected chi connectivity index (χ2v) is 3.51. The van der Waals surface area contributed by atoms with Gasteiger partial charge in [0.1, 0.15) is 6.61 Å². The van der Waals surface area contributed by atoms with E-state index in [4.69, 9.17) is 39.5 Å².